The van der Waals surface area contributed by atoms with Crippen LogP contribution < -0.4 is 0 Å². The van der Waals surface area contributed by atoms with Crippen LogP contribution >= 0.6 is 0 Å². The standard InChI is InChI=1S/C11H21NO2/c1-3-5-11(13)14-9-4-6-10(2)7-8-12/h8,10,12H,3-7,9H2,1-2H3/t10-/m1/s1. The number of ether oxygens (including phenoxy) is 1. The first kappa shape index (κ1) is 13.1. The molecule has 0 aromatic carbocycles. The van der Waals surface area contributed by atoms with E-state index in [1.807, 2.05) is 6.92 Å². The minimum Gasteiger partial charge on any atom is -0.466 e. The molecular weight excluding hydrogens is 178 g/mol. The molecule has 3 heteroatoms. The molecule has 82 valence electrons. The maximum absolute atomic E-state index is 11.0. The van der Waals surface area contributed by atoms with Gasteiger partial charge in [0.15, 0.2) is 0 Å². The third-order valence-corrected chi connectivity index (χ3v) is 2.08. The molecule has 14 heavy (non-hydrogen) atoms. The van der Waals surface area contributed by atoms with Gasteiger partial charge in [0, 0.05) is 6.42 Å². The summed E-state index contributed by atoms with van der Waals surface area (Å²) in [5.41, 5.74) is 0. The SMILES string of the molecule is CCCC(=O)OCCC[C@@H](C)CC=N. The fourth-order valence-corrected chi connectivity index (χ4v) is 1.21. The van der Waals surface area contributed by atoms with E-state index in [4.69, 9.17) is 10.1 Å². The monoisotopic (exact) mass is 199 g/mol. The summed E-state index contributed by atoms with van der Waals surface area (Å²) in [5.74, 6) is 0.435. The van der Waals surface area contributed by atoms with Crippen LogP contribution in [0.2, 0.25) is 0 Å². The Balaban J connectivity index is 3.28. The molecule has 0 saturated heterocycles. The zero-order chi connectivity index (χ0) is 10.8. The van der Waals surface area contributed by atoms with Crippen molar-refractivity contribution in [3.8, 4) is 0 Å². The Morgan fingerprint density at radius 2 is 2.29 bits per heavy atom. The van der Waals surface area contributed by atoms with Crippen LogP contribution in [-0.2, 0) is 9.53 Å². The van der Waals surface area contributed by atoms with Gasteiger partial charge in [-0.15, -0.1) is 0 Å². The minimum absolute atomic E-state index is 0.0905. The first-order valence-corrected chi connectivity index (χ1v) is 5.35. The van der Waals surface area contributed by atoms with Crippen LogP contribution in [0.5, 0.6) is 0 Å². The number of carbonyl (C=O) groups is 1. The van der Waals surface area contributed by atoms with Crippen molar-refractivity contribution in [3.05, 3.63) is 0 Å². The van der Waals surface area contributed by atoms with Gasteiger partial charge >= 0.3 is 5.97 Å². The van der Waals surface area contributed by atoms with Crippen LogP contribution in [0.3, 0.4) is 0 Å². The van der Waals surface area contributed by atoms with Gasteiger partial charge in [0.2, 0.25) is 0 Å². The second-order valence-corrected chi connectivity index (χ2v) is 3.66. The summed E-state index contributed by atoms with van der Waals surface area (Å²) in [5, 5.41) is 6.93. The van der Waals surface area contributed by atoms with Crippen molar-refractivity contribution >= 4 is 12.2 Å². The predicted octanol–water partition coefficient (Wildman–Crippen LogP) is 2.79. The fourth-order valence-electron chi connectivity index (χ4n) is 1.21. The van der Waals surface area contributed by atoms with Gasteiger partial charge in [-0.25, -0.2) is 0 Å². The Hall–Kier alpha value is -0.860. The predicted molar refractivity (Wildman–Crippen MR) is 57.7 cm³/mol. The third-order valence-electron chi connectivity index (χ3n) is 2.08. The van der Waals surface area contributed by atoms with Gasteiger partial charge in [0.25, 0.3) is 0 Å². The average Bonchev–Trinajstić information content (AvgIpc) is 2.13. The summed E-state index contributed by atoms with van der Waals surface area (Å²) in [4.78, 5) is 11.0. The third kappa shape index (κ3) is 7.77. The molecule has 0 bridgehead atoms. The van der Waals surface area contributed by atoms with Crippen LogP contribution in [0, 0.1) is 11.3 Å². The smallest absolute Gasteiger partial charge is 0.305 e. The Kier molecular flexibility index (Phi) is 8.19. The highest BCUT2D eigenvalue weighted by atomic mass is 16.5. The number of carbonyl (C=O) groups excluding carboxylic acids is 1. The lowest BCUT2D eigenvalue weighted by atomic mass is 10.0. The van der Waals surface area contributed by atoms with Gasteiger partial charge in [-0.3, -0.25) is 4.79 Å². The van der Waals surface area contributed by atoms with E-state index < -0.39 is 0 Å². The molecule has 0 spiro atoms. The van der Waals surface area contributed by atoms with Crippen LogP contribution in [0.25, 0.3) is 0 Å². The molecule has 1 atom stereocenters. The molecule has 0 amide bonds. The lowest BCUT2D eigenvalue weighted by Crippen LogP contribution is -2.06. The van der Waals surface area contributed by atoms with Gasteiger partial charge in [-0.1, -0.05) is 13.8 Å². The summed E-state index contributed by atoms with van der Waals surface area (Å²) >= 11 is 0. The fraction of sp³-hybridized carbons (Fsp3) is 0.818. The van der Waals surface area contributed by atoms with E-state index >= 15 is 0 Å². The molecule has 0 aromatic rings. The largest absolute Gasteiger partial charge is 0.466 e. The van der Waals surface area contributed by atoms with Crippen molar-refractivity contribution in [1.82, 2.24) is 0 Å². The summed E-state index contributed by atoms with van der Waals surface area (Å²) in [6.07, 6.45) is 5.56. The molecule has 0 heterocycles. The summed E-state index contributed by atoms with van der Waals surface area (Å²) in [7, 11) is 0. The molecule has 0 saturated carbocycles. The van der Waals surface area contributed by atoms with E-state index in [2.05, 4.69) is 6.92 Å². The van der Waals surface area contributed by atoms with Crippen molar-refractivity contribution in [2.75, 3.05) is 6.61 Å². The number of nitrogens with one attached hydrogen (secondary N) is 1. The maximum atomic E-state index is 11.0. The van der Waals surface area contributed by atoms with Crippen molar-refractivity contribution in [2.45, 2.75) is 46.0 Å². The summed E-state index contributed by atoms with van der Waals surface area (Å²) in [6, 6.07) is 0. The molecule has 0 radical (unpaired) electrons. The summed E-state index contributed by atoms with van der Waals surface area (Å²) < 4.78 is 5.01. The zero-order valence-electron chi connectivity index (χ0n) is 9.21. The average molecular weight is 199 g/mol. The highest BCUT2D eigenvalue weighted by Crippen LogP contribution is 2.08. The van der Waals surface area contributed by atoms with Crippen LogP contribution in [0.1, 0.15) is 46.0 Å². The van der Waals surface area contributed by atoms with E-state index in [9.17, 15) is 4.79 Å². The van der Waals surface area contributed by atoms with E-state index in [0.29, 0.717) is 18.9 Å². The molecule has 0 aliphatic heterocycles. The highest BCUT2D eigenvalue weighted by molar-refractivity contribution is 5.69. The van der Waals surface area contributed by atoms with Crippen LogP contribution in [0.4, 0.5) is 0 Å². The first-order valence-electron chi connectivity index (χ1n) is 5.35. The Morgan fingerprint density at radius 1 is 1.57 bits per heavy atom. The number of hydrogen-bond donors (Lipinski definition) is 1. The number of esters is 1. The van der Waals surface area contributed by atoms with Gasteiger partial charge in [0.05, 0.1) is 6.61 Å². The normalized spacial score (nSPS) is 12.1. The lowest BCUT2D eigenvalue weighted by molar-refractivity contribution is -0.143. The maximum Gasteiger partial charge on any atom is 0.305 e. The topological polar surface area (TPSA) is 50.2 Å². The van der Waals surface area contributed by atoms with Gasteiger partial charge in [-0.05, 0) is 37.8 Å². The molecule has 0 fully saturated rings. The van der Waals surface area contributed by atoms with Gasteiger partial charge in [0.1, 0.15) is 0 Å². The van der Waals surface area contributed by atoms with E-state index in [1.54, 1.807) is 0 Å². The molecular formula is C11H21NO2. The molecule has 0 rings (SSSR count). The van der Waals surface area contributed by atoms with E-state index in [0.717, 1.165) is 25.7 Å². The van der Waals surface area contributed by atoms with E-state index in [1.165, 1.54) is 6.21 Å². The van der Waals surface area contributed by atoms with Crippen LogP contribution in [0.15, 0.2) is 0 Å². The molecule has 3 nitrogen and oxygen atoms in total. The Bertz CT molecular complexity index is 169. The molecule has 0 aromatic heterocycles. The molecule has 0 aliphatic rings. The van der Waals surface area contributed by atoms with Crippen molar-refractivity contribution in [2.24, 2.45) is 5.92 Å². The molecule has 0 aliphatic carbocycles. The minimum atomic E-state index is -0.0905. The number of rotatable bonds is 8. The second kappa shape index (κ2) is 8.73. The zero-order valence-corrected chi connectivity index (χ0v) is 9.21. The highest BCUT2D eigenvalue weighted by Gasteiger charge is 2.02. The lowest BCUT2D eigenvalue weighted by Gasteiger charge is -2.08. The van der Waals surface area contributed by atoms with Crippen molar-refractivity contribution < 1.29 is 9.53 Å². The van der Waals surface area contributed by atoms with Crippen molar-refractivity contribution in [3.63, 3.8) is 0 Å². The number of hydrogen-bond acceptors (Lipinski definition) is 3. The van der Waals surface area contributed by atoms with E-state index in [-0.39, 0.29) is 5.97 Å². The van der Waals surface area contributed by atoms with Crippen molar-refractivity contribution in [1.29, 1.82) is 5.41 Å². The van der Waals surface area contributed by atoms with Gasteiger partial charge in [-0.2, -0.15) is 0 Å². The second-order valence-electron chi connectivity index (χ2n) is 3.66. The Labute approximate surface area is 86.3 Å². The summed E-state index contributed by atoms with van der Waals surface area (Å²) in [6.45, 7) is 4.60. The van der Waals surface area contributed by atoms with Crippen LogP contribution in [-0.4, -0.2) is 18.8 Å². The molecule has 1 N–H and O–H groups in total. The first-order chi connectivity index (χ1) is 6.70. The Morgan fingerprint density at radius 3 is 2.86 bits per heavy atom. The quantitative estimate of drug-likeness (QED) is 0.371. The van der Waals surface area contributed by atoms with Gasteiger partial charge < -0.3 is 10.1 Å². The molecule has 0 unspecified atom stereocenters.